The van der Waals surface area contributed by atoms with E-state index in [9.17, 15) is 9.18 Å². The number of halogens is 1. The zero-order valence-corrected chi connectivity index (χ0v) is 13.1. The van der Waals surface area contributed by atoms with Crippen LogP contribution < -0.4 is 15.8 Å². The van der Waals surface area contributed by atoms with E-state index in [0.29, 0.717) is 17.3 Å². The molecule has 1 amide bonds. The lowest BCUT2D eigenvalue weighted by Crippen LogP contribution is -2.40. The monoisotopic (exact) mass is 317 g/mol. The Morgan fingerprint density at radius 2 is 2.00 bits per heavy atom. The Bertz CT molecular complexity index is 644. The minimum atomic E-state index is -0.560. The van der Waals surface area contributed by atoms with Crippen molar-refractivity contribution < 1.29 is 13.9 Å². The zero-order chi connectivity index (χ0) is 16.8. The molecule has 2 atom stereocenters. The molecule has 2 rings (SSSR count). The van der Waals surface area contributed by atoms with Gasteiger partial charge in [-0.25, -0.2) is 9.37 Å². The minimum Gasteiger partial charge on any atom is -0.439 e. The van der Waals surface area contributed by atoms with Crippen LogP contribution in [0.15, 0.2) is 42.6 Å². The van der Waals surface area contributed by atoms with Crippen molar-refractivity contribution in [1.82, 2.24) is 4.98 Å². The number of nitrogens with one attached hydrogen (secondary N) is 1. The summed E-state index contributed by atoms with van der Waals surface area (Å²) < 4.78 is 18.3. The normalized spacial score (nSPS) is 13.2. The highest BCUT2D eigenvalue weighted by molar-refractivity contribution is 5.94. The number of hydrogen-bond donors (Lipinski definition) is 2. The van der Waals surface area contributed by atoms with Gasteiger partial charge in [0.05, 0.1) is 17.9 Å². The number of carbonyl (C=O) groups is 1. The van der Waals surface area contributed by atoms with E-state index in [1.54, 1.807) is 12.1 Å². The number of aromatic nitrogens is 1. The van der Waals surface area contributed by atoms with E-state index in [1.165, 1.54) is 30.5 Å². The Morgan fingerprint density at radius 1 is 1.30 bits per heavy atom. The van der Waals surface area contributed by atoms with E-state index in [4.69, 9.17) is 10.5 Å². The van der Waals surface area contributed by atoms with Crippen LogP contribution in [0.1, 0.15) is 20.3 Å². The molecular weight excluding hydrogens is 297 g/mol. The summed E-state index contributed by atoms with van der Waals surface area (Å²) in [5, 5.41) is 2.72. The third kappa shape index (κ3) is 4.75. The maximum Gasteiger partial charge on any atom is 0.241 e. The number of carbonyl (C=O) groups excluding carboxylic acids is 1. The van der Waals surface area contributed by atoms with Crippen molar-refractivity contribution in [3.05, 3.63) is 48.4 Å². The predicted octanol–water partition coefficient (Wildman–Crippen LogP) is 3.32. The van der Waals surface area contributed by atoms with Crippen LogP contribution in [0.2, 0.25) is 0 Å². The van der Waals surface area contributed by atoms with Crippen molar-refractivity contribution in [2.75, 3.05) is 5.32 Å². The summed E-state index contributed by atoms with van der Waals surface area (Å²) in [4.78, 5) is 16.1. The van der Waals surface area contributed by atoms with Crippen LogP contribution in [0.3, 0.4) is 0 Å². The smallest absolute Gasteiger partial charge is 0.241 e. The van der Waals surface area contributed by atoms with Gasteiger partial charge in [-0.1, -0.05) is 20.3 Å². The average molecular weight is 317 g/mol. The molecule has 0 radical (unpaired) electrons. The van der Waals surface area contributed by atoms with E-state index in [0.717, 1.165) is 6.42 Å². The molecule has 2 aromatic rings. The van der Waals surface area contributed by atoms with E-state index in [1.807, 2.05) is 13.8 Å². The molecule has 0 spiro atoms. The van der Waals surface area contributed by atoms with Gasteiger partial charge in [0.2, 0.25) is 11.8 Å². The van der Waals surface area contributed by atoms with Crippen LogP contribution in [-0.2, 0) is 4.79 Å². The molecule has 0 bridgehead atoms. The molecule has 1 heterocycles. The Hall–Kier alpha value is -2.47. The summed E-state index contributed by atoms with van der Waals surface area (Å²) in [5.41, 5.74) is 6.42. The van der Waals surface area contributed by atoms with Gasteiger partial charge in [0.1, 0.15) is 11.6 Å². The second-order valence-electron chi connectivity index (χ2n) is 5.34. The summed E-state index contributed by atoms with van der Waals surface area (Å²) in [7, 11) is 0. The number of benzene rings is 1. The topological polar surface area (TPSA) is 77.2 Å². The molecule has 5 nitrogen and oxygen atoms in total. The minimum absolute atomic E-state index is 0.101. The molecular formula is C17H20FN3O2. The van der Waals surface area contributed by atoms with Crippen molar-refractivity contribution in [1.29, 1.82) is 0 Å². The van der Waals surface area contributed by atoms with E-state index >= 15 is 0 Å². The molecule has 3 N–H and O–H groups in total. The molecule has 0 fully saturated rings. The number of anilines is 1. The van der Waals surface area contributed by atoms with Crippen LogP contribution in [0, 0.1) is 11.7 Å². The van der Waals surface area contributed by atoms with Gasteiger partial charge >= 0.3 is 0 Å². The van der Waals surface area contributed by atoms with Crippen molar-refractivity contribution in [2.24, 2.45) is 11.7 Å². The molecule has 0 aliphatic heterocycles. The molecule has 122 valence electrons. The van der Waals surface area contributed by atoms with Gasteiger partial charge < -0.3 is 15.8 Å². The molecule has 1 aromatic carbocycles. The fraction of sp³-hybridized carbons (Fsp3) is 0.294. The van der Waals surface area contributed by atoms with Gasteiger partial charge in [0.15, 0.2) is 0 Å². The van der Waals surface area contributed by atoms with Crippen LogP contribution >= 0.6 is 0 Å². The van der Waals surface area contributed by atoms with Crippen LogP contribution in [0.25, 0.3) is 0 Å². The third-order valence-corrected chi connectivity index (χ3v) is 3.60. The number of nitrogens with zero attached hydrogens (tertiary/aromatic N) is 1. The Kier molecular flexibility index (Phi) is 5.65. The van der Waals surface area contributed by atoms with Crippen molar-refractivity contribution in [3.63, 3.8) is 0 Å². The number of nitrogens with two attached hydrogens (primary N) is 1. The Labute approximate surface area is 134 Å². The molecule has 0 saturated heterocycles. The quantitative estimate of drug-likeness (QED) is 0.857. The first-order chi connectivity index (χ1) is 11.0. The summed E-state index contributed by atoms with van der Waals surface area (Å²) in [5.74, 6) is 0.355. The van der Waals surface area contributed by atoms with Gasteiger partial charge in [-0.05, 0) is 36.2 Å². The summed E-state index contributed by atoms with van der Waals surface area (Å²) in [6, 6.07) is 8.37. The van der Waals surface area contributed by atoms with Gasteiger partial charge in [-0.15, -0.1) is 0 Å². The van der Waals surface area contributed by atoms with E-state index in [-0.39, 0.29) is 17.6 Å². The summed E-state index contributed by atoms with van der Waals surface area (Å²) >= 11 is 0. The fourth-order valence-corrected chi connectivity index (χ4v) is 1.88. The van der Waals surface area contributed by atoms with E-state index < -0.39 is 6.04 Å². The lowest BCUT2D eigenvalue weighted by atomic mass is 9.99. The van der Waals surface area contributed by atoms with Crippen molar-refractivity contribution >= 4 is 11.6 Å². The number of hydrogen-bond acceptors (Lipinski definition) is 4. The van der Waals surface area contributed by atoms with Crippen LogP contribution in [0.4, 0.5) is 10.1 Å². The highest BCUT2D eigenvalue weighted by Crippen LogP contribution is 2.20. The zero-order valence-electron chi connectivity index (χ0n) is 13.1. The van der Waals surface area contributed by atoms with Crippen LogP contribution in [0.5, 0.6) is 11.6 Å². The number of ether oxygens (including phenoxy) is 1. The lowest BCUT2D eigenvalue weighted by Gasteiger charge is -2.17. The molecule has 2 unspecified atom stereocenters. The standard InChI is InChI=1S/C17H20FN3O2/c1-3-11(2)16(19)17(22)21-13-6-9-15(20-10-13)23-14-7-4-12(18)5-8-14/h4-11,16H,3,19H2,1-2H3,(H,21,22). The van der Waals surface area contributed by atoms with Crippen molar-refractivity contribution in [3.8, 4) is 11.6 Å². The number of rotatable bonds is 6. The second kappa shape index (κ2) is 7.69. The molecule has 23 heavy (non-hydrogen) atoms. The van der Waals surface area contributed by atoms with Gasteiger partial charge in [0.25, 0.3) is 0 Å². The first-order valence-corrected chi connectivity index (χ1v) is 7.45. The highest BCUT2D eigenvalue weighted by Gasteiger charge is 2.19. The van der Waals surface area contributed by atoms with Gasteiger partial charge in [-0.3, -0.25) is 4.79 Å². The lowest BCUT2D eigenvalue weighted by molar-refractivity contribution is -0.118. The molecule has 0 aliphatic rings. The molecule has 1 aromatic heterocycles. The van der Waals surface area contributed by atoms with Crippen molar-refractivity contribution in [2.45, 2.75) is 26.3 Å². The van der Waals surface area contributed by atoms with Gasteiger partial charge in [-0.2, -0.15) is 0 Å². The largest absolute Gasteiger partial charge is 0.439 e. The highest BCUT2D eigenvalue weighted by atomic mass is 19.1. The fourth-order valence-electron chi connectivity index (χ4n) is 1.88. The molecule has 0 saturated carbocycles. The van der Waals surface area contributed by atoms with Crippen LogP contribution in [-0.4, -0.2) is 16.9 Å². The van der Waals surface area contributed by atoms with Gasteiger partial charge in [0, 0.05) is 6.07 Å². The molecule has 6 heteroatoms. The maximum atomic E-state index is 12.8. The molecule has 0 aliphatic carbocycles. The summed E-state index contributed by atoms with van der Waals surface area (Å²) in [6.07, 6.45) is 2.32. The number of amides is 1. The average Bonchev–Trinajstić information content (AvgIpc) is 2.57. The Balaban J connectivity index is 1.96. The van der Waals surface area contributed by atoms with E-state index in [2.05, 4.69) is 10.3 Å². The Morgan fingerprint density at radius 3 is 2.57 bits per heavy atom. The predicted molar refractivity (Wildman–Crippen MR) is 86.8 cm³/mol. The SMILES string of the molecule is CCC(C)C(N)C(=O)Nc1ccc(Oc2ccc(F)cc2)nc1. The maximum absolute atomic E-state index is 12.8. The third-order valence-electron chi connectivity index (χ3n) is 3.60. The second-order valence-corrected chi connectivity index (χ2v) is 5.34. The first kappa shape index (κ1) is 16.9. The first-order valence-electron chi connectivity index (χ1n) is 7.45. The summed E-state index contributed by atoms with van der Waals surface area (Å²) in [6.45, 7) is 3.92. The number of pyridine rings is 1.